The van der Waals surface area contributed by atoms with Crippen molar-refractivity contribution in [1.29, 1.82) is 0 Å². The van der Waals surface area contributed by atoms with Gasteiger partial charge in [-0.3, -0.25) is 9.78 Å². The average molecular weight is 448 g/mol. The van der Waals surface area contributed by atoms with Crippen LogP contribution in [0.25, 0.3) is 0 Å². The molecule has 0 spiro atoms. The molecule has 0 bridgehead atoms. The summed E-state index contributed by atoms with van der Waals surface area (Å²) in [7, 11) is 2.07. The lowest BCUT2D eigenvalue weighted by atomic mass is 9.96. The number of amides is 1. The van der Waals surface area contributed by atoms with Crippen LogP contribution in [0, 0.1) is 20.8 Å². The topological polar surface area (TPSA) is 62.2 Å². The number of aromatic nitrogens is 2. The average Bonchev–Trinajstić information content (AvgIpc) is 3.25. The molecule has 2 atom stereocenters. The zero-order valence-corrected chi connectivity index (χ0v) is 19.7. The van der Waals surface area contributed by atoms with Gasteiger partial charge in [0.25, 0.3) is 0 Å². The Bertz CT molecular complexity index is 1140. The second-order valence-electron chi connectivity index (χ2n) is 8.32. The molecule has 1 aromatic carbocycles. The molecule has 6 nitrogen and oxygen atoms in total. The van der Waals surface area contributed by atoms with Crippen LogP contribution >= 0.6 is 12.2 Å². The fourth-order valence-corrected chi connectivity index (χ4v) is 4.65. The Morgan fingerprint density at radius 2 is 1.91 bits per heavy atom. The first kappa shape index (κ1) is 22.0. The molecule has 0 radical (unpaired) electrons. The smallest absolute Gasteiger partial charge is 0.226 e. The summed E-state index contributed by atoms with van der Waals surface area (Å²) in [6.45, 7) is 6.74. The van der Waals surface area contributed by atoms with Crippen molar-refractivity contribution >= 4 is 28.9 Å². The molecule has 1 aliphatic rings. The third-order valence-electron chi connectivity index (χ3n) is 6.33. The molecule has 1 fully saturated rings. The lowest BCUT2D eigenvalue weighted by molar-refractivity contribution is -0.116. The van der Waals surface area contributed by atoms with Gasteiger partial charge in [-0.25, -0.2) is 0 Å². The second kappa shape index (κ2) is 9.12. The second-order valence-corrected chi connectivity index (χ2v) is 8.71. The van der Waals surface area contributed by atoms with Crippen molar-refractivity contribution < 1.29 is 4.79 Å². The lowest BCUT2D eigenvalue weighted by Gasteiger charge is -2.28. The van der Waals surface area contributed by atoms with Gasteiger partial charge in [-0.05, 0) is 68.4 Å². The summed E-state index contributed by atoms with van der Waals surface area (Å²) in [6, 6.07) is 15.8. The van der Waals surface area contributed by atoms with E-state index in [1.54, 1.807) is 6.20 Å². The van der Waals surface area contributed by atoms with Gasteiger partial charge in [0, 0.05) is 43.3 Å². The van der Waals surface area contributed by atoms with Gasteiger partial charge in [-0.15, -0.1) is 0 Å². The Balaban J connectivity index is 1.59. The van der Waals surface area contributed by atoms with Gasteiger partial charge in [-0.1, -0.05) is 24.3 Å². The van der Waals surface area contributed by atoms with Crippen LogP contribution in [0.2, 0.25) is 0 Å². The first-order valence-electron chi connectivity index (χ1n) is 10.8. The van der Waals surface area contributed by atoms with Crippen LogP contribution < -0.4 is 10.6 Å². The van der Waals surface area contributed by atoms with Gasteiger partial charge in [0.1, 0.15) is 0 Å². The number of carbonyl (C=O) groups excluding carboxylic acids is 1. The molecule has 1 aliphatic heterocycles. The number of thiocarbonyl (C=S) groups is 1. The Morgan fingerprint density at radius 1 is 1.16 bits per heavy atom. The predicted molar refractivity (Wildman–Crippen MR) is 131 cm³/mol. The Morgan fingerprint density at radius 3 is 2.56 bits per heavy atom. The van der Waals surface area contributed by atoms with E-state index in [0.29, 0.717) is 18.1 Å². The van der Waals surface area contributed by atoms with E-state index in [0.717, 1.165) is 16.9 Å². The maximum atomic E-state index is 12.7. The predicted octanol–water partition coefficient (Wildman–Crippen LogP) is 4.35. The van der Waals surface area contributed by atoms with Crippen LogP contribution in [0.15, 0.2) is 54.7 Å². The number of carbonyl (C=O) groups is 1. The molecular formula is C25H29N5OS. The molecule has 2 N–H and O–H groups in total. The third kappa shape index (κ3) is 4.25. The van der Waals surface area contributed by atoms with E-state index in [9.17, 15) is 4.79 Å². The molecule has 3 heterocycles. The largest absolute Gasteiger partial charge is 0.352 e. The normalized spacial score (nSPS) is 18.0. The highest BCUT2D eigenvalue weighted by atomic mass is 32.1. The minimum atomic E-state index is -0.0800. The van der Waals surface area contributed by atoms with Crippen molar-refractivity contribution in [1.82, 2.24) is 19.8 Å². The third-order valence-corrected chi connectivity index (χ3v) is 6.68. The number of aryl methyl sites for hydroxylation is 2. The molecule has 0 aliphatic carbocycles. The summed E-state index contributed by atoms with van der Waals surface area (Å²) in [5.74, 6) is -0.0249. The van der Waals surface area contributed by atoms with Crippen LogP contribution in [0.5, 0.6) is 0 Å². The fourth-order valence-electron chi connectivity index (χ4n) is 4.32. The minimum absolute atomic E-state index is 0.0249. The summed E-state index contributed by atoms with van der Waals surface area (Å²) in [5, 5.41) is 7.13. The monoisotopic (exact) mass is 447 g/mol. The Hall–Kier alpha value is -3.19. The summed E-state index contributed by atoms with van der Waals surface area (Å²) in [6.07, 6.45) is 2.14. The first-order chi connectivity index (χ1) is 15.4. The van der Waals surface area contributed by atoms with Gasteiger partial charge in [-0.2, -0.15) is 0 Å². The quantitative estimate of drug-likeness (QED) is 0.550. The van der Waals surface area contributed by atoms with Gasteiger partial charge < -0.3 is 20.1 Å². The van der Waals surface area contributed by atoms with Gasteiger partial charge in [0.15, 0.2) is 5.11 Å². The van der Waals surface area contributed by atoms with Crippen molar-refractivity contribution in [3.8, 4) is 0 Å². The highest BCUT2D eigenvalue weighted by molar-refractivity contribution is 7.80. The van der Waals surface area contributed by atoms with Gasteiger partial charge >= 0.3 is 0 Å². The summed E-state index contributed by atoms with van der Waals surface area (Å²) < 4.78 is 2.19. The van der Waals surface area contributed by atoms with Crippen molar-refractivity contribution in [2.75, 3.05) is 11.9 Å². The number of para-hydroxylation sites is 1. The first-order valence-corrected chi connectivity index (χ1v) is 11.2. The molecule has 166 valence electrons. The van der Waals surface area contributed by atoms with Crippen LogP contribution in [0.1, 0.15) is 46.7 Å². The number of anilines is 1. The summed E-state index contributed by atoms with van der Waals surface area (Å²) in [5.41, 5.74) is 6.40. The lowest BCUT2D eigenvalue weighted by Crippen LogP contribution is -2.33. The summed E-state index contributed by atoms with van der Waals surface area (Å²) >= 11 is 5.73. The number of hydrogen-bond donors (Lipinski definition) is 2. The highest BCUT2D eigenvalue weighted by Crippen LogP contribution is 2.40. The maximum absolute atomic E-state index is 12.7. The van der Waals surface area contributed by atoms with E-state index in [1.165, 1.54) is 17.0 Å². The number of nitrogens with zero attached hydrogens (tertiary/aromatic N) is 3. The van der Waals surface area contributed by atoms with Crippen molar-refractivity contribution in [2.24, 2.45) is 7.05 Å². The van der Waals surface area contributed by atoms with Crippen molar-refractivity contribution in [3.05, 3.63) is 82.9 Å². The Labute approximate surface area is 194 Å². The Kier molecular flexibility index (Phi) is 6.28. The highest BCUT2D eigenvalue weighted by Gasteiger charge is 2.41. The zero-order valence-electron chi connectivity index (χ0n) is 18.9. The molecule has 3 aromatic rings. The molecule has 4 rings (SSSR count). The number of hydrogen-bond acceptors (Lipinski definition) is 3. The van der Waals surface area contributed by atoms with E-state index in [2.05, 4.69) is 52.0 Å². The van der Waals surface area contributed by atoms with Crippen LogP contribution in [-0.2, 0) is 11.8 Å². The molecule has 0 unspecified atom stereocenters. The van der Waals surface area contributed by atoms with E-state index < -0.39 is 0 Å². The van der Waals surface area contributed by atoms with E-state index in [1.807, 2.05) is 49.4 Å². The standard InChI is InChI=1S/C25H29N5OS/c1-16-9-5-6-10-20(16)27-22(31)12-14-30-24(19-15-17(2)29(4)18(19)3)23(28-25(30)32)21-11-7-8-13-26-21/h5-11,13,15,23-24H,12,14H2,1-4H3,(H,27,31)(H,28,32)/t23-,24+/m0/s1. The SMILES string of the molecule is Cc1ccccc1NC(=O)CCN1C(=S)N[C@@H](c2ccccn2)[C@H]1c1cc(C)n(C)c1C. The van der Waals surface area contributed by atoms with Crippen molar-refractivity contribution in [3.63, 3.8) is 0 Å². The summed E-state index contributed by atoms with van der Waals surface area (Å²) in [4.78, 5) is 19.5. The van der Waals surface area contributed by atoms with E-state index in [-0.39, 0.29) is 18.0 Å². The van der Waals surface area contributed by atoms with Gasteiger partial charge in [0.05, 0.1) is 17.8 Å². The molecular weight excluding hydrogens is 418 g/mol. The number of pyridine rings is 1. The van der Waals surface area contributed by atoms with Crippen molar-refractivity contribution in [2.45, 2.75) is 39.3 Å². The number of rotatable bonds is 6. The van der Waals surface area contributed by atoms with E-state index in [4.69, 9.17) is 12.2 Å². The van der Waals surface area contributed by atoms with Gasteiger partial charge in [0.2, 0.25) is 5.91 Å². The van der Waals surface area contributed by atoms with Crippen LogP contribution in [0.4, 0.5) is 5.69 Å². The number of nitrogens with one attached hydrogen (secondary N) is 2. The molecule has 2 aromatic heterocycles. The molecule has 1 saturated heterocycles. The minimum Gasteiger partial charge on any atom is -0.352 e. The molecule has 7 heteroatoms. The molecule has 1 amide bonds. The molecule has 0 saturated carbocycles. The number of benzene rings is 1. The van der Waals surface area contributed by atoms with Crippen LogP contribution in [-0.4, -0.2) is 32.0 Å². The molecule has 32 heavy (non-hydrogen) atoms. The zero-order chi connectivity index (χ0) is 22.8. The maximum Gasteiger partial charge on any atom is 0.226 e. The van der Waals surface area contributed by atoms with Crippen LogP contribution in [0.3, 0.4) is 0 Å². The van der Waals surface area contributed by atoms with E-state index >= 15 is 0 Å². The fraction of sp³-hybridized carbons (Fsp3) is 0.320.